The minimum absolute atomic E-state index is 0.427. The molecule has 0 aliphatic rings. The SMILES string of the molecule is CN(CCc1ccncc1)CC(O)c1ccccc1. The van der Waals surface area contributed by atoms with Gasteiger partial charge in [0.1, 0.15) is 0 Å². The Bertz CT molecular complexity index is 473. The van der Waals surface area contributed by atoms with Crippen LogP contribution in [0.1, 0.15) is 17.2 Å². The number of likely N-dealkylation sites (N-methyl/N-ethyl adjacent to an activating group) is 1. The van der Waals surface area contributed by atoms with Crippen molar-refractivity contribution in [2.24, 2.45) is 0 Å². The van der Waals surface area contributed by atoms with E-state index in [4.69, 9.17) is 0 Å². The van der Waals surface area contributed by atoms with E-state index in [1.54, 1.807) is 0 Å². The largest absolute Gasteiger partial charge is 0.387 e. The first-order valence-corrected chi connectivity index (χ1v) is 6.56. The van der Waals surface area contributed by atoms with E-state index < -0.39 is 6.10 Å². The highest BCUT2D eigenvalue weighted by molar-refractivity contribution is 5.17. The highest BCUT2D eigenvalue weighted by Gasteiger charge is 2.09. The fraction of sp³-hybridized carbons (Fsp3) is 0.312. The lowest BCUT2D eigenvalue weighted by Crippen LogP contribution is -2.26. The third kappa shape index (κ3) is 4.47. The van der Waals surface area contributed by atoms with Crippen molar-refractivity contribution in [2.45, 2.75) is 12.5 Å². The van der Waals surface area contributed by atoms with Gasteiger partial charge in [0, 0.05) is 25.5 Å². The number of aromatic nitrogens is 1. The van der Waals surface area contributed by atoms with Crippen molar-refractivity contribution in [3.05, 3.63) is 66.0 Å². The van der Waals surface area contributed by atoms with Gasteiger partial charge in [-0.2, -0.15) is 0 Å². The summed E-state index contributed by atoms with van der Waals surface area (Å²) in [7, 11) is 2.04. The minimum Gasteiger partial charge on any atom is -0.387 e. The molecule has 0 fully saturated rings. The van der Waals surface area contributed by atoms with Gasteiger partial charge in [-0.15, -0.1) is 0 Å². The fourth-order valence-electron chi connectivity index (χ4n) is 2.04. The summed E-state index contributed by atoms with van der Waals surface area (Å²) in [4.78, 5) is 6.16. The Morgan fingerprint density at radius 3 is 2.47 bits per heavy atom. The molecule has 2 aromatic rings. The van der Waals surface area contributed by atoms with Crippen molar-refractivity contribution >= 4 is 0 Å². The maximum Gasteiger partial charge on any atom is 0.0916 e. The molecule has 1 N–H and O–H groups in total. The Labute approximate surface area is 114 Å². The second-order valence-electron chi connectivity index (χ2n) is 4.79. The van der Waals surface area contributed by atoms with Gasteiger partial charge in [-0.25, -0.2) is 0 Å². The van der Waals surface area contributed by atoms with Gasteiger partial charge in [-0.05, 0) is 36.7 Å². The molecule has 0 aliphatic heterocycles. The second kappa shape index (κ2) is 7.02. The van der Waals surface area contributed by atoms with Crippen LogP contribution in [0.4, 0.5) is 0 Å². The van der Waals surface area contributed by atoms with E-state index in [2.05, 4.69) is 9.88 Å². The third-order valence-electron chi connectivity index (χ3n) is 3.20. The van der Waals surface area contributed by atoms with Gasteiger partial charge in [0.25, 0.3) is 0 Å². The molecule has 0 aliphatic carbocycles. The van der Waals surface area contributed by atoms with E-state index in [-0.39, 0.29) is 0 Å². The van der Waals surface area contributed by atoms with Crippen LogP contribution in [0.5, 0.6) is 0 Å². The third-order valence-corrected chi connectivity index (χ3v) is 3.20. The molecule has 0 saturated carbocycles. The van der Waals surface area contributed by atoms with Crippen molar-refractivity contribution in [3.63, 3.8) is 0 Å². The molecule has 1 atom stereocenters. The normalized spacial score (nSPS) is 12.6. The van der Waals surface area contributed by atoms with Crippen LogP contribution in [0.15, 0.2) is 54.9 Å². The van der Waals surface area contributed by atoms with E-state index in [1.165, 1.54) is 5.56 Å². The van der Waals surface area contributed by atoms with Gasteiger partial charge >= 0.3 is 0 Å². The Morgan fingerprint density at radius 1 is 1.11 bits per heavy atom. The lowest BCUT2D eigenvalue weighted by atomic mass is 10.1. The molecule has 1 aromatic heterocycles. The summed E-state index contributed by atoms with van der Waals surface area (Å²) in [6, 6.07) is 13.8. The number of hydrogen-bond donors (Lipinski definition) is 1. The highest BCUT2D eigenvalue weighted by atomic mass is 16.3. The number of nitrogens with zero attached hydrogens (tertiary/aromatic N) is 2. The van der Waals surface area contributed by atoms with Crippen molar-refractivity contribution in [1.82, 2.24) is 9.88 Å². The van der Waals surface area contributed by atoms with Gasteiger partial charge in [-0.3, -0.25) is 4.98 Å². The molecule has 0 bridgehead atoms. The van der Waals surface area contributed by atoms with Crippen LogP contribution in [-0.4, -0.2) is 35.1 Å². The van der Waals surface area contributed by atoms with Gasteiger partial charge < -0.3 is 10.0 Å². The standard InChI is InChI=1S/C16H20N2O/c1-18(12-9-14-7-10-17-11-8-14)13-16(19)15-5-3-2-4-6-15/h2-8,10-11,16,19H,9,12-13H2,1H3. The molecular formula is C16H20N2O. The molecule has 1 heterocycles. The summed E-state index contributed by atoms with van der Waals surface area (Å²) in [5.41, 5.74) is 2.24. The van der Waals surface area contributed by atoms with E-state index >= 15 is 0 Å². The zero-order chi connectivity index (χ0) is 13.5. The van der Waals surface area contributed by atoms with Crippen molar-refractivity contribution < 1.29 is 5.11 Å². The summed E-state index contributed by atoms with van der Waals surface area (Å²) in [6.45, 7) is 1.57. The summed E-state index contributed by atoms with van der Waals surface area (Å²) < 4.78 is 0. The smallest absolute Gasteiger partial charge is 0.0916 e. The molecule has 0 saturated heterocycles. The van der Waals surface area contributed by atoms with Crippen LogP contribution in [-0.2, 0) is 6.42 Å². The molecule has 19 heavy (non-hydrogen) atoms. The highest BCUT2D eigenvalue weighted by Crippen LogP contribution is 2.13. The number of benzene rings is 1. The lowest BCUT2D eigenvalue weighted by molar-refractivity contribution is 0.127. The summed E-state index contributed by atoms with van der Waals surface area (Å²) >= 11 is 0. The van der Waals surface area contributed by atoms with Gasteiger partial charge in [0.15, 0.2) is 0 Å². The predicted octanol–water partition coefficient (Wildman–Crippen LogP) is 2.29. The Hall–Kier alpha value is -1.71. The molecule has 0 amide bonds. The van der Waals surface area contributed by atoms with E-state index in [0.29, 0.717) is 6.54 Å². The molecule has 0 radical (unpaired) electrons. The van der Waals surface area contributed by atoms with E-state index in [9.17, 15) is 5.11 Å². The molecular weight excluding hydrogens is 236 g/mol. The number of rotatable bonds is 6. The van der Waals surface area contributed by atoms with Crippen LogP contribution < -0.4 is 0 Å². The molecule has 2 rings (SSSR count). The van der Waals surface area contributed by atoms with Gasteiger partial charge in [-0.1, -0.05) is 30.3 Å². The topological polar surface area (TPSA) is 36.4 Å². The number of aliphatic hydroxyl groups is 1. The number of pyridine rings is 1. The monoisotopic (exact) mass is 256 g/mol. The van der Waals surface area contributed by atoms with E-state index in [1.807, 2.05) is 61.9 Å². The average Bonchev–Trinajstić information content (AvgIpc) is 2.47. The molecule has 100 valence electrons. The van der Waals surface area contributed by atoms with Crippen LogP contribution in [0, 0.1) is 0 Å². The van der Waals surface area contributed by atoms with E-state index in [0.717, 1.165) is 18.5 Å². The van der Waals surface area contributed by atoms with Crippen LogP contribution in [0.3, 0.4) is 0 Å². The quantitative estimate of drug-likeness (QED) is 0.861. The summed E-state index contributed by atoms with van der Waals surface area (Å²) in [6.07, 6.45) is 4.17. The summed E-state index contributed by atoms with van der Waals surface area (Å²) in [5, 5.41) is 10.1. The zero-order valence-electron chi connectivity index (χ0n) is 11.2. The maximum absolute atomic E-state index is 10.1. The molecule has 1 unspecified atom stereocenters. The fourth-order valence-corrected chi connectivity index (χ4v) is 2.04. The minimum atomic E-state index is -0.427. The first-order chi connectivity index (χ1) is 9.25. The van der Waals surface area contributed by atoms with Gasteiger partial charge in [0.05, 0.1) is 6.10 Å². The van der Waals surface area contributed by atoms with Crippen molar-refractivity contribution in [2.75, 3.05) is 20.1 Å². The predicted molar refractivity (Wildman–Crippen MR) is 76.8 cm³/mol. The molecule has 1 aromatic carbocycles. The first-order valence-electron chi connectivity index (χ1n) is 6.56. The summed E-state index contributed by atoms with van der Waals surface area (Å²) in [5.74, 6) is 0. The molecule has 0 spiro atoms. The second-order valence-corrected chi connectivity index (χ2v) is 4.79. The number of aliphatic hydroxyl groups excluding tert-OH is 1. The Balaban J connectivity index is 1.80. The van der Waals surface area contributed by atoms with Gasteiger partial charge in [0.2, 0.25) is 0 Å². The van der Waals surface area contributed by atoms with Crippen molar-refractivity contribution in [1.29, 1.82) is 0 Å². The zero-order valence-corrected chi connectivity index (χ0v) is 11.2. The number of hydrogen-bond acceptors (Lipinski definition) is 3. The van der Waals surface area contributed by atoms with Crippen LogP contribution in [0.25, 0.3) is 0 Å². The Morgan fingerprint density at radius 2 is 1.79 bits per heavy atom. The lowest BCUT2D eigenvalue weighted by Gasteiger charge is -2.20. The molecule has 3 nitrogen and oxygen atoms in total. The van der Waals surface area contributed by atoms with Crippen molar-refractivity contribution in [3.8, 4) is 0 Å². The molecule has 3 heteroatoms. The van der Waals surface area contributed by atoms with Crippen LogP contribution >= 0.6 is 0 Å². The average molecular weight is 256 g/mol. The van der Waals surface area contributed by atoms with Crippen LogP contribution in [0.2, 0.25) is 0 Å². The Kier molecular flexibility index (Phi) is 5.07. The maximum atomic E-state index is 10.1. The first kappa shape index (κ1) is 13.7.